The molecule has 0 saturated carbocycles. The number of carboxylic acid groups (broad SMARTS) is 1. The number of carboxylic acids is 1. The number of imide groups is 1. The number of rotatable bonds is 9. The van der Waals surface area contributed by atoms with Crippen molar-refractivity contribution in [3.63, 3.8) is 0 Å². The van der Waals surface area contributed by atoms with Crippen molar-refractivity contribution < 1.29 is 33.8 Å². The minimum Gasteiger partial charge on any atom is -0.479 e. The Balaban J connectivity index is 2.41. The van der Waals surface area contributed by atoms with E-state index in [1.807, 2.05) is 0 Å². The number of ether oxygens (including phenoxy) is 1. The second kappa shape index (κ2) is 10.3. The van der Waals surface area contributed by atoms with Crippen LogP contribution in [-0.2, 0) is 23.9 Å². The van der Waals surface area contributed by atoms with Crippen LogP contribution in [0.25, 0.3) is 0 Å². The lowest BCUT2D eigenvalue weighted by Gasteiger charge is -2.42. The van der Waals surface area contributed by atoms with Gasteiger partial charge in [0.25, 0.3) is 17.7 Å². The molecule has 0 spiro atoms. The number of carbonyl (C=O) groups is 5. The summed E-state index contributed by atoms with van der Waals surface area (Å²) in [5.74, 6) is -4.96. The first kappa shape index (κ1) is 24.2. The van der Waals surface area contributed by atoms with Crippen LogP contribution in [0, 0.1) is 0 Å². The third-order valence-corrected chi connectivity index (χ3v) is 5.36. The van der Waals surface area contributed by atoms with Crippen molar-refractivity contribution in [2.75, 3.05) is 13.7 Å². The SMILES string of the molecule is COC1CC(=O)[C@](C)(C(=O)O)N(C(=O)[C@H](CCCCN)NC(=O)c2ccccc2)C1=O. The molecule has 1 saturated heterocycles. The molecule has 4 N–H and O–H groups in total. The van der Waals surface area contributed by atoms with Crippen molar-refractivity contribution in [2.45, 2.75) is 50.3 Å². The molecule has 1 aliphatic heterocycles. The molecule has 10 heteroatoms. The molecule has 0 radical (unpaired) electrons. The van der Waals surface area contributed by atoms with E-state index in [9.17, 15) is 29.1 Å². The van der Waals surface area contributed by atoms with Crippen molar-refractivity contribution in [2.24, 2.45) is 5.73 Å². The van der Waals surface area contributed by atoms with Crippen LogP contribution in [0.2, 0.25) is 0 Å². The molecule has 31 heavy (non-hydrogen) atoms. The number of nitrogens with zero attached hydrogens (tertiary/aromatic N) is 1. The summed E-state index contributed by atoms with van der Waals surface area (Å²) in [5.41, 5.74) is 3.40. The number of hydrogen-bond donors (Lipinski definition) is 3. The summed E-state index contributed by atoms with van der Waals surface area (Å²) in [6, 6.07) is 6.89. The molecule has 10 nitrogen and oxygen atoms in total. The fourth-order valence-corrected chi connectivity index (χ4v) is 3.41. The van der Waals surface area contributed by atoms with Crippen molar-refractivity contribution in [3.8, 4) is 0 Å². The summed E-state index contributed by atoms with van der Waals surface area (Å²) >= 11 is 0. The number of Topliss-reactive ketones (excluding diaryl/α,β-unsaturated/α-hetero) is 1. The normalized spacial score (nSPS) is 22.2. The maximum absolute atomic E-state index is 13.4. The van der Waals surface area contributed by atoms with E-state index in [4.69, 9.17) is 10.5 Å². The van der Waals surface area contributed by atoms with Gasteiger partial charge in [0.2, 0.25) is 5.54 Å². The van der Waals surface area contributed by atoms with Gasteiger partial charge in [-0.25, -0.2) is 4.79 Å². The molecule has 3 atom stereocenters. The topological polar surface area (TPSA) is 156 Å². The first-order valence-electron chi connectivity index (χ1n) is 9.91. The number of unbranched alkanes of at least 4 members (excludes halogenated alkanes) is 1. The van der Waals surface area contributed by atoms with E-state index in [1.165, 1.54) is 7.11 Å². The highest BCUT2D eigenvalue weighted by molar-refractivity contribution is 6.19. The molecule has 1 aliphatic rings. The number of amides is 3. The number of hydrogen-bond acceptors (Lipinski definition) is 7. The highest BCUT2D eigenvalue weighted by atomic mass is 16.5. The van der Waals surface area contributed by atoms with Crippen molar-refractivity contribution in [3.05, 3.63) is 35.9 Å². The van der Waals surface area contributed by atoms with E-state index >= 15 is 0 Å². The van der Waals surface area contributed by atoms with Gasteiger partial charge in [-0.1, -0.05) is 18.2 Å². The Bertz CT molecular complexity index is 858. The molecule has 0 aromatic heterocycles. The number of nitrogens with one attached hydrogen (secondary N) is 1. The molecule has 1 unspecified atom stereocenters. The molecule has 1 aromatic rings. The predicted octanol–water partition coefficient (Wildman–Crippen LogP) is 0.100. The maximum atomic E-state index is 13.4. The number of ketones is 1. The Morgan fingerprint density at radius 2 is 1.90 bits per heavy atom. The van der Waals surface area contributed by atoms with Crippen LogP contribution in [0.15, 0.2) is 30.3 Å². The zero-order valence-corrected chi connectivity index (χ0v) is 17.5. The highest BCUT2D eigenvalue weighted by Crippen LogP contribution is 2.29. The Kier molecular flexibility index (Phi) is 8.01. The van der Waals surface area contributed by atoms with Gasteiger partial charge in [-0.2, -0.15) is 0 Å². The van der Waals surface area contributed by atoms with E-state index in [-0.39, 0.29) is 12.0 Å². The van der Waals surface area contributed by atoms with Gasteiger partial charge in [0.05, 0.1) is 0 Å². The minimum absolute atomic E-state index is 0.111. The van der Waals surface area contributed by atoms with Gasteiger partial charge in [0, 0.05) is 19.1 Å². The lowest BCUT2D eigenvalue weighted by Crippen LogP contribution is -2.70. The van der Waals surface area contributed by atoms with E-state index in [0.717, 1.165) is 6.92 Å². The molecule has 3 amide bonds. The fraction of sp³-hybridized carbons (Fsp3) is 0.476. The zero-order valence-electron chi connectivity index (χ0n) is 17.5. The summed E-state index contributed by atoms with van der Waals surface area (Å²) in [6.45, 7) is 1.36. The van der Waals surface area contributed by atoms with Gasteiger partial charge in [0.15, 0.2) is 5.78 Å². The van der Waals surface area contributed by atoms with Gasteiger partial charge < -0.3 is 20.9 Å². The Hall–Kier alpha value is -3.11. The second-order valence-corrected chi connectivity index (χ2v) is 7.42. The number of likely N-dealkylation sites (tertiary alicyclic amines) is 1. The Morgan fingerprint density at radius 3 is 2.45 bits per heavy atom. The summed E-state index contributed by atoms with van der Waals surface area (Å²) in [5, 5.41) is 12.3. The van der Waals surface area contributed by atoms with E-state index in [0.29, 0.717) is 24.3 Å². The molecule has 2 rings (SSSR count). The van der Waals surface area contributed by atoms with Crippen LogP contribution in [0.5, 0.6) is 0 Å². The monoisotopic (exact) mass is 433 g/mol. The average Bonchev–Trinajstić information content (AvgIpc) is 2.76. The van der Waals surface area contributed by atoms with Crippen molar-refractivity contribution in [1.29, 1.82) is 0 Å². The third kappa shape index (κ3) is 4.97. The molecular formula is C21H27N3O7. The average molecular weight is 433 g/mol. The number of methoxy groups -OCH3 is 1. The van der Waals surface area contributed by atoms with Crippen LogP contribution < -0.4 is 11.1 Å². The quantitative estimate of drug-likeness (QED) is 0.366. The third-order valence-electron chi connectivity index (χ3n) is 5.36. The number of piperidine rings is 1. The minimum atomic E-state index is -2.40. The standard InChI is InChI=1S/C21H27N3O7/c1-21(20(29)30)16(25)12-15(31-2)19(28)24(21)18(27)14(10-6-7-11-22)23-17(26)13-8-4-3-5-9-13/h3-5,8-9,14-15H,6-7,10-12,22H2,1-2H3,(H,23,26)(H,29,30)/t14-,15?,21+/m0/s1. The zero-order chi connectivity index (χ0) is 23.2. The van der Waals surface area contributed by atoms with E-state index < -0.39 is 53.6 Å². The predicted molar refractivity (Wildman–Crippen MR) is 109 cm³/mol. The van der Waals surface area contributed by atoms with Crippen LogP contribution in [-0.4, -0.2) is 70.8 Å². The molecule has 1 heterocycles. The number of carbonyl (C=O) groups excluding carboxylic acids is 4. The lowest BCUT2D eigenvalue weighted by atomic mass is 9.84. The van der Waals surface area contributed by atoms with Gasteiger partial charge in [0.1, 0.15) is 12.1 Å². The summed E-state index contributed by atoms with van der Waals surface area (Å²) in [4.78, 5) is 63.9. The fourth-order valence-electron chi connectivity index (χ4n) is 3.41. The summed E-state index contributed by atoms with van der Waals surface area (Å²) < 4.78 is 4.99. The van der Waals surface area contributed by atoms with Crippen molar-refractivity contribution >= 4 is 29.5 Å². The molecule has 1 fully saturated rings. The smallest absolute Gasteiger partial charge is 0.337 e. The number of nitrogens with two attached hydrogens (primary N) is 1. The largest absolute Gasteiger partial charge is 0.479 e. The Morgan fingerprint density at radius 1 is 1.26 bits per heavy atom. The lowest BCUT2D eigenvalue weighted by molar-refractivity contribution is -0.180. The van der Waals surface area contributed by atoms with Gasteiger partial charge >= 0.3 is 5.97 Å². The second-order valence-electron chi connectivity index (χ2n) is 7.42. The van der Waals surface area contributed by atoms with Gasteiger partial charge in [-0.15, -0.1) is 0 Å². The molecule has 1 aromatic carbocycles. The first-order valence-corrected chi connectivity index (χ1v) is 9.91. The van der Waals surface area contributed by atoms with Crippen LogP contribution in [0.3, 0.4) is 0 Å². The summed E-state index contributed by atoms with van der Waals surface area (Å²) in [7, 11) is 1.19. The highest BCUT2D eigenvalue weighted by Gasteiger charge is 2.58. The molecule has 0 bridgehead atoms. The van der Waals surface area contributed by atoms with Gasteiger partial charge in [-0.05, 0) is 44.9 Å². The van der Waals surface area contributed by atoms with Crippen LogP contribution in [0.4, 0.5) is 0 Å². The van der Waals surface area contributed by atoms with Crippen molar-refractivity contribution in [1.82, 2.24) is 10.2 Å². The van der Waals surface area contributed by atoms with E-state index in [2.05, 4.69) is 5.32 Å². The van der Waals surface area contributed by atoms with E-state index in [1.54, 1.807) is 30.3 Å². The first-order chi connectivity index (χ1) is 14.7. The Labute approximate surface area is 179 Å². The number of aliphatic carboxylic acids is 1. The molecule has 0 aliphatic carbocycles. The molecular weight excluding hydrogens is 406 g/mol. The summed E-state index contributed by atoms with van der Waals surface area (Å²) in [6.07, 6.45) is -0.640. The van der Waals surface area contributed by atoms with Crippen LogP contribution in [0.1, 0.15) is 43.0 Å². The maximum Gasteiger partial charge on any atom is 0.337 e. The van der Waals surface area contributed by atoms with Gasteiger partial charge in [-0.3, -0.25) is 24.1 Å². The number of benzene rings is 1. The van der Waals surface area contributed by atoms with Crippen LogP contribution >= 0.6 is 0 Å². The molecule has 168 valence electrons.